The molecule has 0 saturated carbocycles. The van der Waals surface area contributed by atoms with Crippen LogP contribution in [0.25, 0.3) is 0 Å². The number of likely N-dealkylation sites (N-methyl/N-ethyl adjacent to an activating group) is 1. The summed E-state index contributed by atoms with van der Waals surface area (Å²) < 4.78 is 6.28. The highest BCUT2D eigenvalue weighted by Crippen LogP contribution is 2.25. The lowest BCUT2D eigenvalue weighted by molar-refractivity contribution is -0.141. The van der Waals surface area contributed by atoms with Crippen molar-refractivity contribution in [3.8, 4) is 0 Å². The van der Waals surface area contributed by atoms with Gasteiger partial charge in [-0.05, 0) is 41.2 Å². The normalized spacial score (nSPS) is 10.4. The maximum absolute atomic E-state index is 11.9. The number of ether oxygens (including phenoxy) is 1. The van der Waals surface area contributed by atoms with Crippen LogP contribution < -0.4 is 5.32 Å². The van der Waals surface area contributed by atoms with Crippen molar-refractivity contribution >= 4 is 49.4 Å². The third-order valence-corrected chi connectivity index (χ3v) is 3.69. The van der Waals surface area contributed by atoms with Gasteiger partial charge < -0.3 is 10.1 Å². The van der Waals surface area contributed by atoms with Gasteiger partial charge in [-0.3, -0.25) is 14.5 Å². The summed E-state index contributed by atoms with van der Waals surface area (Å²) in [5.74, 6) is -0.423. The van der Waals surface area contributed by atoms with Gasteiger partial charge in [0.1, 0.15) is 0 Å². The van der Waals surface area contributed by atoms with E-state index in [9.17, 15) is 9.59 Å². The van der Waals surface area contributed by atoms with Crippen molar-refractivity contribution in [3.05, 3.63) is 27.1 Å². The van der Waals surface area contributed by atoms with E-state index in [1.807, 2.05) is 12.1 Å². The Labute approximate surface area is 134 Å². The van der Waals surface area contributed by atoms with E-state index in [1.165, 1.54) is 7.11 Å². The summed E-state index contributed by atoms with van der Waals surface area (Å²) in [4.78, 5) is 24.6. The molecule has 7 heteroatoms. The monoisotopic (exact) mass is 406 g/mol. The van der Waals surface area contributed by atoms with Crippen molar-refractivity contribution in [2.45, 2.75) is 6.42 Å². The number of benzene rings is 1. The van der Waals surface area contributed by atoms with Gasteiger partial charge in [0.15, 0.2) is 0 Å². The quantitative estimate of drug-likeness (QED) is 0.736. The van der Waals surface area contributed by atoms with Gasteiger partial charge in [0.05, 0.1) is 25.8 Å². The van der Waals surface area contributed by atoms with Crippen molar-refractivity contribution in [1.82, 2.24) is 4.90 Å². The molecular weight excluding hydrogens is 392 g/mol. The highest BCUT2D eigenvalue weighted by atomic mass is 79.9. The number of carbonyl (C=O) groups excluding carboxylic acids is 2. The Morgan fingerprint density at radius 3 is 2.65 bits per heavy atom. The number of carbonyl (C=O) groups is 2. The Kier molecular flexibility index (Phi) is 7.18. The molecule has 0 bridgehead atoms. The predicted molar refractivity (Wildman–Crippen MR) is 84.6 cm³/mol. The molecule has 0 fully saturated rings. The molecule has 0 aliphatic carbocycles. The van der Waals surface area contributed by atoms with Crippen LogP contribution in [0.2, 0.25) is 0 Å². The minimum atomic E-state index is -0.284. The van der Waals surface area contributed by atoms with Gasteiger partial charge in [-0.15, -0.1) is 0 Å². The Hall–Kier alpha value is -0.920. The van der Waals surface area contributed by atoms with Crippen LogP contribution in [-0.4, -0.2) is 44.0 Å². The predicted octanol–water partition coefficient (Wildman–Crippen LogP) is 2.65. The van der Waals surface area contributed by atoms with Crippen molar-refractivity contribution in [1.29, 1.82) is 0 Å². The zero-order valence-corrected chi connectivity index (χ0v) is 14.5. The first-order valence-electron chi connectivity index (χ1n) is 5.92. The number of anilines is 1. The Balaban J connectivity index is 2.45. The van der Waals surface area contributed by atoms with E-state index >= 15 is 0 Å². The van der Waals surface area contributed by atoms with Gasteiger partial charge in [0, 0.05) is 15.5 Å². The van der Waals surface area contributed by atoms with Crippen molar-refractivity contribution in [2.24, 2.45) is 0 Å². The van der Waals surface area contributed by atoms with E-state index in [0.29, 0.717) is 12.2 Å². The summed E-state index contributed by atoms with van der Waals surface area (Å²) in [5, 5.41) is 2.81. The topological polar surface area (TPSA) is 58.6 Å². The highest BCUT2D eigenvalue weighted by Gasteiger charge is 2.10. The molecule has 1 amide bonds. The number of methoxy groups -OCH3 is 1. The summed E-state index contributed by atoms with van der Waals surface area (Å²) in [7, 11) is 3.12. The van der Waals surface area contributed by atoms with Crippen LogP contribution in [0.1, 0.15) is 6.42 Å². The zero-order valence-electron chi connectivity index (χ0n) is 11.3. The van der Waals surface area contributed by atoms with Gasteiger partial charge >= 0.3 is 5.97 Å². The molecule has 0 heterocycles. The molecule has 1 aromatic carbocycles. The van der Waals surface area contributed by atoms with E-state index in [0.717, 1.165) is 8.95 Å². The van der Waals surface area contributed by atoms with E-state index in [1.54, 1.807) is 18.0 Å². The summed E-state index contributed by atoms with van der Waals surface area (Å²) in [5.41, 5.74) is 0.708. The molecule has 110 valence electrons. The average Bonchev–Trinajstić information content (AvgIpc) is 2.39. The average molecular weight is 408 g/mol. The molecule has 0 aliphatic rings. The van der Waals surface area contributed by atoms with E-state index in [-0.39, 0.29) is 24.8 Å². The lowest BCUT2D eigenvalue weighted by atomic mass is 10.3. The number of hydrogen-bond donors (Lipinski definition) is 1. The molecule has 1 rings (SSSR count). The summed E-state index contributed by atoms with van der Waals surface area (Å²) in [6.07, 6.45) is 0.266. The zero-order chi connectivity index (χ0) is 15.1. The lowest BCUT2D eigenvalue weighted by Gasteiger charge is -2.16. The van der Waals surface area contributed by atoms with Gasteiger partial charge in [-0.25, -0.2) is 0 Å². The maximum atomic E-state index is 11.9. The first-order chi connectivity index (χ1) is 9.42. The minimum absolute atomic E-state index is 0.139. The Bertz CT molecular complexity index is 495. The number of amides is 1. The Morgan fingerprint density at radius 1 is 1.35 bits per heavy atom. The highest BCUT2D eigenvalue weighted by molar-refractivity contribution is 9.11. The van der Waals surface area contributed by atoms with Gasteiger partial charge in [0.2, 0.25) is 5.91 Å². The SMILES string of the molecule is COC(=O)CCN(C)CC(=O)Nc1ccc(Br)cc1Br. The van der Waals surface area contributed by atoms with Crippen LogP contribution in [0.15, 0.2) is 27.1 Å². The van der Waals surface area contributed by atoms with Crippen LogP contribution in [0, 0.1) is 0 Å². The van der Waals surface area contributed by atoms with Crippen molar-refractivity contribution in [2.75, 3.05) is 32.6 Å². The number of hydrogen-bond acceptors (Lipinski definition) is 4. The Morgan fingerprint density at radius 2 is 2.05 bits per heavy atom. The number of rotatable bonds is 6. The molecule has 20 heavy (non-hydrogen) atoms. The van der Waals surface area contributed by atoms with Gasteiger partial charge in [0.25, 0.3) is 0 Å². The minimum Gasteiger partial charge on any atom is -0.469 e. The largest absolute Gasteiger partial charge is 0.469 e. The number of nitrogens with one attached hydrogen (secondary N) is 1. The molecular formula is C13H16Br2N2O3. The second-order valence-electron chi connectivity index (χ2n) is 4.24. The molecule has 0 aromatic heterocycles. The maximum Gasteiger partial charge on any atom is 0.306 e. The standard InChI is InChI=1S/C13H16Br2N2O3/c1-17(6-5-13(19)20-2)8-12(18)16-11-4-3-9(14)7-10(11)15/h3-4,7H,5-6,8H2,1-2H3,(H,16,18). The van der Waals surface area contributed by atoms with Crippen LogP contribution in [0.5, 0.6) is 0 Å². The molecule has 5 nitrogen and oxygen atoms in total. The fourth-order valence-electron chi connectivity index (χ4n) is 1.49. The molecule has 0 unspecified atom stereocenters. The molecule has 1 aromatic rings. The molecule has 0 atom stereocenters. The van der Waals surface area contributed by atoms with Crippen LogP contribution in [0.4, 0.5) is 5.69 Å². The molecule has 0 aliphatic heterocycles. The molecule has 1 N–H and O–H groups in total. The van der Waals surface area contributed by atoms with E-state index in [2.05, 4.69) is 41.9 Å². The molecule has 0 saturated heterocycles. The van der Waals surface area contributed by atoms with Crippen molar-refractivity contribution < 1.29 is 14.3 Å². The summed E-state index contributed by atoms with van der Waals surface area (Å²) in [6.45, 7) is 0.682. The van der Waals surface area contributed by atoms with E-state index < -0.39 is 0 Å². The van der Waals surface area contributed by atoms with E-state index in [4.69, 9.17) is 0 Å². The second-order valence-corrected chi connectivity index (χ2v) is 6.01. The first kappa shape index (κ1) is 17.1. The van der Waals surface area contributed by atoms with Gasteiger partial charge in [-0.1, -0.05) is 15.9 Å². The van der Waals surface area contributed by atoms with Crippen LogP contribution in [-0.2, 0) is 14.3 Å². The lowest BCUT2D eigenvalue weighted by Crippen LogP contribution is -2.32. The number of esters is 1. The fraction of sp³-hybridized carbons (Fsp3) is 0.385. The third kappa shape index (κ3) is 6.02. The van der Waals surface area contributed by atoms with Crippen LogP contribution in [0.3, 0.4) is 0 Å². The second kappa shape index (κ2) is 8.39. The molecule has 0 spiro atoms. The number of halogens is 2. The fourth-order valence-corrected chi connectivity index (χ4v) is 2.64. The first-order valence-corrected chi connectivity index (χ1v) is 7.51. The summed E-state index contributed by atoms with van der Waals surface area (Å²) >= 11 is 6.73. The number of nitrogens with zero attached hydrogens (tertiary/aromatic N) is 1. The van der Waals surface area contributed by atoms with Crippen LogP contribution >= 0.6 is 31.9 Å². The third-order valence-electron chi connectivity index (χ3n) is 2.54. The summed E-state index contributed by atoms with van der Waals surface area (Å²) in [6, 6.07) is 5.51. The van der Waals surface area contributed by atoms with Gasteiger partial charge in [-0.2, -0.15) is 0 Å². The smallest absolute Gasteiger partial charge is 0.306 e. The van der Waals surface area contributed by atoms with Crippen molar-refractivity contribution in [3.63, 3.8) is 0 Å². The molecule has 0 radical (unpaired) electrons.